The Balaban J connectivity index is 1.30. The summed E-state index contributed by atoms with van der Waals surface area (Å²) in [5, 5.41) is 2.89. The van der Waals surface area contributed by atoms with Gasteiger partial charge in [0, 0.05) is 5.56 Å². The Labute approximate surface area is 196 Å². The predicted molar refractivity (Wildman–Crippen MR) is 123 cm³/mol. The number of rotatable bonds is 4. The van der Waals surface area contributed by atoms with Gasteiger partial charge in [-0.15, -0.1) is 0 Å². The van der Waals surface area contributed by atoms with Crippen molar-refractivity contribution in [1.82, 2.24) is 4.72 Å². The first-order valence-electron chi connectivity index (χ1n) is 10.9. The molecule has 2 aromatic carbocycles. The molecule has 34 heavy (non-hydrogen) atoms. The number of nitrogens with zero attached hydrogens (tertiary/aromatic N) is 2. The number of fused-ring (bicyclic) bond motifs is 2. The Morgan fingerprint density at radius 3 is 2.56 bits per heavy atom. The molecule has 11 heteroatoms. The zero-order valence-electron chi connectivity index (χ0n) is 18.1. The second-order valence-corrected chi connectivity index (χ2v) is 10.0. The molecule has 1 aliphatic carbocycles. The molecular formula is C23H22N4O6S. The molecule has 2 N–H and O–H groups in total. The summed E-state index contributed by atoms with van der Waals surface area (Å²) in [6, 6.07) is 13.3. The van der Waals surface area contributed by atoms with Gasteiger partial charge in [0.25, 0.3) is 21.8 Å². The van der Waals surface area contributed by atoms with Gasteiger partial charge in [-0.2, -0.15) is 0 Å². The van der Waals surface area contributed by atoms with Gasteiger partial charge in [-0.25, -0.2) is 8.42 Å². The molecule has 0 bridgehead atoms. The van der Waals surface area contributed by atoms with Crippen molar-refractivity contribution < 1.29 is 27.5 Å². The van der Waals surface area contributed by atoms with Crippen LogP contribution in [0.4, 0.5) is 11.4 Å². The number of hydrogen-bond donors (Lipinski definition) is 2. The minimum absolute atomic E-state index is 0.0467. The number of sulfonamides is 1. The number of benzene rings is 2. The van der Waals surface area contributed by atoms with Gasteiger partial charge in [-0.1, -0.05) is 37.1 Å². The molecular weight excluding hydrogens is 460 g/mol. The molecule has 2 aromatic rings. The van der Waals surface area contributed by atoms with Crippen molar-refractivity contribution in [3.63, 3.8) is 0 Å². The number of nitrogens with one attached hydrogen (secondary N) is 2. The number of ether oxygens (including phenoxy) is 1. The average molecular weight is 483 g/mol. The molecule has 0 atom stereocenters. The molecule has 2 amide bonds. The van der Waals surface area contributed by atoms with E-state index < -0.39 is 40.6 Å². The molecule has 176 valence electrons. The summed E-state index contributed by atoms with van der Waals surface area (Å²) in [5.41, 5.74) is 0.472. The van der Waals surface area contributed by atoms with Crippen LogP contribution in [0.5, 0.6) is 0 Å². The first-order chi connectivity index (χ1) is 16.3. The first kappa shape index (κ1) is 22.1. The monoisotopic (exact) mass is 482 g/mol. The molecule has 0 saturated heterocycles. The van der Waals surface area contributed by atoms with Gasteiger partial charge in [-0.05, 0) is 37.1 Å². The molecule has 0 radical (unpaired) electrons. The van der Waals surface area contributed by atoms with Gasteiger partial charge in [0.05, 0.1) is 16.3 Å². The second kappa shape index (κ2) is 8.24. The Morgan fingerprint density at radius 1 is 1.06 bits per heavy atom. The highest BCUT2D eigenvalue weighted by molar-refractivity contribution is 7.90. The molecule has 1 saturated carbocycles. The number of carbonyl (C=O) groups is 3. The zero-order valence-corrected chi connectivity index (χ0v) is 18.9. The predicted octanol–water partition coefficient (Wildman–Crippen LogP) is 1.57. The van der Waals surface area contributed by atoms with E-state index in [4.69, 9.17) is 4.74 Å². The van der Waals surface area contributed by atoms with Gasteiger partial charge in [0.15, 0.2) is 6.61 Å². The fraction of sp³-hybridized carbons (Fsp3) is 0.304. The highest BCUT2D eigenvalue weighted by Crippen LogP contribution is 2.45. The van der Waals surface area contributed by atoms with Crippen LogP contribution >= 0.6 is 0 Å². The molecule has 1 spiro atoms. The van der Waals surface area contributed by atoms with E-state index in [1.807, 2.05) is 0 Å². The minimum Gasteiger partial charge on any atom is -0.454 e. The summed E-state index contributed by atoms with van der Waals surface area (Å²) in [4.78, 5) is 44.1. The molecule has 0 unspecified atom stereocenters. The van der Waals surface area contributed by atoms with Crippen LogP contribution in [0, 0.1) is 0 Å². The molecule has 2 heterocycles. The van der Waals surface area contributed by atoms with Gasteiger partial charge in [0.1, 0.15) is 17.9 Å². The lowest BCUT2D eigenvalue weighted by Gasteiger charge is -2.44. The van der Waals surface area contributed by atoms with Gasteiger partial charge < -0.3 is 10.1 Å². The quantitative estimate of drug-likeness (QED) is 0.636. The van der Waals surface area contributed by atoms with Crippen molar-refractivity contribution in [3.05, 3.63) is 54.1 Å². The van der Waals surface area contributed by atoms with Crippen molar-refractivity contribution >= 4 is 45.0 Å². The number of para-hydroxylation sites is 2. The van der Waals surface area contributed by atoms with Crippen molar-refractivity contribution in [2.24, 2.45) is 4.99 Å². The Bertz CT molecular complexity index is 1330. The third kappa shape index (κ3) is 3.61. The Hall–Kier alpha value is -3.73. The highest BCUT2D eigenvalue weighted by atomic mass is 32.2. The summed E-state index contributed by atoms with van der Waals surface area (Å²) in [7, 11) is -3.72. The number of anilines is 2. The van der Waals surface area contributed by atoms with Crippen LogP contribution in [0.2, 0.25) is 0 Å². The molecule has 2 aliphatic heterocycles. The summed E-state index contributed by atoms with van der Waals surface area (Å²) in [5.74, 6) is -1.48. The van der Waals surface area contributed by atoms with Crippen LogP contribution in [-0.2, 0) is 29.1 Å². The lowest BCUT2D eigenvalue weighted by Crippen LogP contribution is -2.61. The summed E-state index contributed by atoms with van der Waals surface area (Å²) < 4.78 is 31.8. The molecule has 0 aromatic heterocycles. The van der Waals surface area contributed by atoms with Crippen LogP contribution < -0.4 is 14.9 Å². The van der Waals surface area contributed by atoms with Crippen molar-refractivity contribution in [3.8, 4) is 0 Å². The van der Waals surface area contributed by atoms with Crippen LogP contribution in [0.1, 0.15) is 31.2 Å². The minimum atomic E-state index is -3.72. The van der Waals surface area contributed by atoms with E-state index in [2.05, 4.69) is 15.0 Å². The van der Waals surface area contributed by atoms with E-state index in [0.29, 0.717) is 29.8 Å². The normalized spacial score (nSPS) is 20.4. The van der Waals surface area contributed by atoms with Crippen LogP contribution in [0.15, 0.2) is 58.4 Å². The first-order valence-corrected chi connectivity index (χ1v) is 12.4. The van der Waals surface area contributed by atoms with Gasteiger partial charge in [-0.3, -0.25) is 29.0 Å². The summed E-state index contributed by atoms with van der Waals surface area (Å²) >= 11 is 0. The fourth-order valence-corrected chi connectivity index (χ4v) is 6.03. The molecule has 5 rings (SSSR count). The number of esters is 1. The molecule has 3 aliphatic rings. The standard InChI is InChI=1S/C23H22N4O6S/c28-19(27-17-9-3-2-8-16(17)25-22(30)23(27)11-5-6-12-23)14-33-20(29)13-24-21-15-7-1-4-10-18(15)34(31,32)26-21/h1-4,7-10H,5-6,11-14H2,(H,24,26)(H,25,30). The van der Waals surface area contributed by atoms with Crippen molar-refractivity contribution in [2.45, 2.75) is 36.1 Å². The van der Waals surface area contributed by atoms with E-state index >= 15 is 0 Å². The SMILES string of the molecule is O=C(CN=C1NS(=O)(=O)c2ccccc21)OCC(=O)N1c2ccccc2NC(=O)C12CCCC2. The second-order valence-electron chi connectivity index (χ2n) is 8.37. The number of carbonyl (C=O) groups excluding carboxylic acids is 3. The number of amides is 2. The topological polar surface area (TPSA) is 134 Å². The third-order valence-corrected chi connectivity index (χ3v) is 7.71. The number of hydrogen-bond acceptors (Lipinski definition) is 7. The van der Waals surface area contributed by atoms with E-state index in [0.717, 1.165) is 12.8 Å². The fourth-order valence-electron chi connectivity index (χ4n) is 4.78. The average Bonchev–Trinajstić information content (AvgIpc) is 3.41. The summed E-state index contributed by atoms with van der Waals surface area (Å²) in [6.45, 7) is -1.03. The van der Waals surface area contributed by atoms with Crippen LogP contribution in [0.25, 0.3) is 0 Å². The van der Waals surface area contributed by atoms with E-state index in [1.165, 1.54) is 11.0 Å². The van der Waals surface area contributed by atoms with Crippen LogP contribution in [-0.4, -0.2) is 50.7 Å². The Morgan fingerprint density at radius 2 is 1.76 bits per heavy atom. The zero-order chi connectivity index (χ0) is 23.9. The van der Waals surface area contributed by atoms with E-state index in [-0.39, 0.29) is 16.6 Å². The lowest BCUT2D eigenvalue weighted by atomic mass is 9.90. The highest BCUT2D eigenvalue weighted by Gasteiger charge is 2.52. The van der Waals surface area contributed by atoms with E-state index in [9.17, 15) is 22.8 Å². The van der Waals surface area contributed by atoms with E-state index in [1.54, 1.807) is 42.5 Å². The lowest BCUT2D eigenvalue weighted by molar-refractivity contribution is -0.146. The third-order valence-electron chi connectivity index (χ3n) is 6.31. The number of aliphatic imine (C=N–C) groups is 1. The van der Waals surface area contributed by atoms with Crippen molar-refractivity contribution in [2.75, 3.05) is 23.4 Å². The van der Waals surface area contributed by atoms with Gasteiger partial charge >= 0.3 is 5.97 Å². The van der Waals surface area contributed by atoms with Gasteiger partial charge in [0.2, 0.25) is 0 Å². The summed E-state index contributed by atoms with van der Waals surface area (Å²) in [6.07, 6.45) is 2.68. The van der Waals surface area contributed by atoms with Crippen molar-refractivity contribution in [1.29, 1.82) is 0 Å². The Kier molecular flexibility index (Phi) is 5.35. The largest absolute Gasteiger partial charge is 0.454 e. The maximum absolute atomic E-state index is 13.2. The number of amidine groups is 1. The molecule has 1 fully saturated rings. The molecule has 10 nitrogen and oxygen atoms in total. The maximum atomic E-state index is 13.2. The smallest absolute Gasteiger partial charge is 0.328 e. The van der Waals surface area contributed by atoms with Crippen LogP contribution in [0.3, 0.4) is 0 Å². The maximum Gasteiger partial charge on any atom is 0.328 e.